The molecule has 2 heteroatoms. The molecular weight excluding hydrogens is 210 g/mol. The Morgan fingerprint density at radius 2 is 2.00 bits per heavy atom. The molecular formula is C15H23NO. The van der Waals surface area contributed by atoms with Crippen molar-refractivity contribution in [1.29, 1.82) is 0 Å². The normalized spacial score (nSPS) is 19.9. The van der Waals surface area contributed by atoms with Crippen LogP contribution in [0.5, 0.6) is 0 Å². The first-order valence-electron chi connectivity index (χ1n) is 6.74. The molecule has 2 aliphatic heterocycles. The number of rotatable bonds is 1. The minimum atomic E-state index is 0.679. The van der Waals surface area contributed by atoms with Crippen molar-refractivity contribution in [1.82, 2.24) is 4.90 Å². The first kappa shape index (κ1) is 12.6. The maximum absolute atomic E-state index is 5.26. The number of ether oxygens (including phenoxy) is 1. The summed E-state index contributed by atoms with van der Waals surface area (Å²) >= 11 is 0. The molecule has 1 fully saturated rings. The van der Waals surface area contributed by atoms with Crippen LogP contribution in [0.2, 0.25) is 0 Å². The molecule has 0 bridgehead atoms. The molecule has 17 heavy (non-hydrogen) atoms. The number of hydrogen-bond donors (Lipinski definition) is 0. The molecule has 0 saturated carbocycles. The molecule has 0 atom stereocenters. The number of nitrogens with zero attached hydrogens (tertiary/aromatic N) is 1. The summed E-state index contributed by atoms with van der Waals surface area (Å²) in [5.74, 6) is 0. The Bertz CT molecular complexity index is 371. The first-order valence-corrected chi connectivity index (χ1v) is 6.74. The Labute approximate surface area is 105 Å². The predicted octanol–water partition coefficient (Wildman–Crippen LogP) is 2.78. The number of fused-ring (bicyclic) bond motifs is 1. The number of benzene rings is 1. The molecule has 3 rings (SSSR count). The summed E-state index contributed by atoms with van der Waals surface area (Å²) < 4.78 is 5.26. The molecule has 2 aliphatic rings. The summed E-state index contributed by atoms with van der Waals surface area (Å²) in [6.07, 6.45) is 1.21. The molecule has 0 aliphatic carbocycles. The van der Waals surface area contributed by atoms with Crippen LogP contribution < -0.4 is 0 Å². The lowest BCUT2D eigenvalue weighted by molar-refractivity contribution is -0.0695. The monoisotopic (exact) mass is 233 g/mol. The first-order chi connectivity index (χ1) is 8.34. The van der Waals surface area contributed by atoms with Crippen LogP contribution >= 0.6 is 0 Å². The van der Waals surface area contributed by atoms with Gasteiger partial charge in [0.25, 0.3) is 0 Å². The van der Waals surface area contributed by atoms with Gasteiger partial charge in [-0.2, -0.15) is 0 Å². The fraction of sp³-hybridized carbons (Fsp3) is 0.600. The minimum Gasteiger partial charge on any atom is -0.378 e. The maximum atomic E-state index is 5.26. The summed E-state index contributed by atoms with van der Waals surface area (Å²) in [7, 11) is 0. The van der Waals surface area contributed by atoms with E-state index < -0.39 is 0 Å². The largest absolute Gasteiger partial charge is 0.378 e. The smallest absolute Gasteiger partial charge is 0.0645 e. The van der Waals surface area contributed by atoms with Crippen molar-refractivity contribution in [2.45, 2.75) is 39.8 Å². The van der Waals surface area contributed by atoms with E-state index in [9.17, 15) is 0 Å². The molecule has 1 aromatic rings. The van der Waals surface area contributed by atoms with Crippen LogP contribution in [-0.2, 0) is 17.7 Å². The van der Waals surface area contributed by atoms with Gasteiger partial charge in [0, 0.05) is 13.1 Å². The van der Waals surface area contributed by atoms with Gasteiger partial charge in [0.15, 0.2) is 0 Å². The molecule has 0 aromatic heterocycles. The molecule has 1 aromatic carbocycles. The average molecular weight is 233 g/mol. The van der Waals surface area contributed by atoms with Crippen LogP contribution in [0.4, 0.5) is 0 Å². The Hall–Kier alpha value is -0.860. The Kier molecular flexibility index (Phi) is 4.19. The van der Waals surface area contributed by atoms with E-state index in [2.05, 4.69) is 30.0 Å². The third-order valence-corrected chi connectivity index (χ3v) is 3.67. The predicted molar refractivity (Wildman–Crippen MR) is 71.2 cm³/mol. The van der Waals surface area contributed by atoms with Crippen LogP contribution in [0.3, 0.4) is 0 Å². The Morgan fingerprint density at radius 1 is 1.24 bits per heavy atom. The zero-order valence-electron chi connectivity index (χ0n) is 11.2. The maximum Gasteiger partial charge on any atom is 0.0645 e. The third kappa shape index (κ3) is 2.53. The van der Waals surface area contributed by atoms with E-state index >= 15 is 0 Å². The molecule has 0 radical (unpaired) electrons. The number of aryl methyl sites for hydroxylation is 1. The van der Waals surface area contributed by atoms with Gasteiger partial charge >= 0.3 is 0 Å². The van der Waals surface area contributed by atoms with Gasteiger partial charge in [-0.1, -0.05) is 32.0 Å². The summed E-state index contributed by atoms with van der Waals surface area (Å²) in [5, 5.41) is 0. The molecule has 0 unspecified atom stereocenters. The zero-order valence-corrected chi connectivity index (χ0v) is 11.2. The van der Waals surface area contributed by atoms with E-state index in [4.69, 9.17) is 4.74 Å². The molecule has 2 nitrogen and oxygen atoms in total. The van der Waals surface area contributed by atoms with Crippen molar-refractivity contribution < 1.29 is 4.74 Å². The highest BCUT2D eigenvalue weighted by Gasteiger charge is 2.28. The van der Waals surface area contributed by atoms with E-state index in [1.165, 1.54) is 24.1 Å². The van der Waals surface area contributed by atoms with E-state index in [0.29, 0.717) is 6.04 Å². The van der Waals surface area contributed by atoms with Gasteiger partial charge in [-0.3, -0.25) is 4.90 Å². The quantitative estimate of drug-likeness (QED) is 0.739. The molecule has 1 saturated heterocycles. The van der Waals surface area contributed by atoms with Gasteiger partial charge in [-0.05, 0) is 30.0 Å². The van der Waals surface area contributed by atoms with Crippen molar-refractivity contribution in [2.24, 2.45) is 0 Å². The van der Waals surface area contributed by atoms with Crippen LogP contribution in [0, 0.1) is 6.92 Å². The highest BCUT2D eigenvalue weighted by Crippen LogP contribution is 2.25. The average Bonchev–Trinajstić information content (AvgIpc) is 2.30. The van der Waals surface area contributed by atoms with Gasteiger partial charge < -0.3 is 4.74 Å². The van der Waals surface area contributed by atoms with Crippen molar-refractivity contribution in [3.63, 3.8) is 0 Å². The highest BCUT2D eigenvalue weighted by atomic mass is 16.5. The van der Waals surface area contributed by atoms with E-state index in [1.807, 2.05) is 13.8 Å². The topological polar surface area (TPSA) is 12.5 Å². The fourth-order valence-electron chi connectivity index (χ4n) is 2.57. The van der Waals surface area contributed by atoms with Gasteiger partial charge in [0.05, 0.1) is 19.3 Å². The second-order valence-corrected chi connectivity index (χ2v) is 4.62. The molecule has 2 heterocycles. The molecule has 0 amide bonds. The van der Waals surface area contributed by atoms with Crippen LogP contribution in [-0.4, -0.2) is 30.7 Å². The van der Waals surface area contributed by atoms with E-state index in [0.717, 1.165) is 19.8 Å². The highest BCUT2D eigenvalue weighted by molar-refractivity contribution is 5.36. The summed E-state index contributed by atoms with van der Waals surface area (Å²) in [5.41, 5.74) is 4.55. The second-order valence-electron chi connectivity index (χ2n) is 4.62. The lowest BCUT2D eigenvalue weighted by Gasteiger charge is -2.40. The fourth-order valence-corrected chi connectivity index (χ4v) is 2.57. The summed E-state index contributed by atoms with van der Waals surface area (Å²) in [4.78, 5) is 2.56. The van der Waals surface area contributed by atoms with Crippen molar-refractivity contribution in [2.75, 3.05) is 19.8 Å². The number of hydrogen-bond acceptors (Lipinski definition) is 2. The van der Waals surface area contributed by atoms with Crippen LogP contribution in [0.25, 0.3) is 0 Å². The standard InChI is InChI=1S/C13H17NO.C2H6/c1-10-3-2-4-11-7-14(6-5-13(10)11)12-8-15-9-12;1-2/h2-4,12H,5-9H2,1H3;1-2H3. The van der Waals surface area contributed by atoms with Gasteiger partial charge in [0.1, 0.15) is 0 Å². The van der Waals surface area contributed by atoms with E-state index in [1.54, 1.807) is 5.56 Å². The van der Waals surface area contributed by atoms with E-state index in [-0.39, 0.29) is 0 Å². The SMILES string of the molecule is CC.Cc1cccc2c1CCN(C1COC1)C2. The third-order valence-electron chi connectivity index (χ3n) is 3.67. The zero-order chi connectivity index (χ0) is 12.3. The van der Waals surface area contributed by atoms with Gasteiger partial charge in [-0.15, -0.1) is 0 Å². The molecule has 0 spiro atoms. The lowest BCUT2D eigenvalue weighted by atomic mass is 9.94. The van der Waals surface area contributed by atoms with Crippen molar-refractivity contribution >= 4 is 0 Å². The van der Waals surface area contributed by atoms with Crippen molar-refractivity contribution in [3.05, 3.63) is 34.9 Å². The lowest BCUT2D eigenvalue weighted by Crippen LogP contribution is -2.50. The van der Waals surface area contributed by atoms with Crippen LogP contribution in [0.15, 0.2) is 18.2 Å². The molecule has 94 valence electrons. The van der Waals surface area contributed by atoms with Crippen LogP contribution in [0.1, 0.15) is 30.5 Å². The minimum absolute atomic E-state index is 0.679. The Morgan fingerprint density at radius 3 is 2.65 bits per heavy atom. The second kappa shape index (κ2) is 5.65. The van der Waals surface area contributed by atoms with Crippen molar-refractivity contribution in [3.8, 4) is 0 Å². The summed E-state index contributed by atoms with van der Waals surface area (Å²) in [6.45, 7) is 10.4. The summed E-state index contributed by atoms with van der Waals surface area (Å²) in [6, 6.07) is 7.35. The Balaban J connectivity index is 0.000000514. The van der Waals surface area contributed by atoms with Gasteiger partial charge in [-0.25, -0.2) is 0 Å². The van der Waals surface area contributed by atoms with Gasteiger partial charge in [0.2, 0.25) is 0 Å². The molecule has 0 N–H and O–H groups in total.